The summed E-state index contributed by atoms with van der Waals surface area (Å²) in [7, 11) is 0. The summed E-state index contributed by atoms with van der Waals surface area (Å²) in [6.07, 6.45) is 3.75. The quantitative estimate of drug-likeness (QED) is 0.301. The molecule has 0 atom stereocenters. The molecule has 0 spiro atoms. The zero-order valence-corrected chi connectivity index (χ0v) is 13.9. The van der Waals surface area contributed by atoms with Crippen LogP contribution in [0.4, 0.5) is 0 Å². The molecule has 0 aliphatic carbocycles. The zero-order chi connectivity index (χ0) is 16.3. The number of hydrogen-bond donors (Lipinski definition) is 0. The molecule has 0 radical (unpaired) electrons. The van der Waals surface area contributed by atoms with Crippen LogP contribution in [0, 0.1) is 0 Å². The van der Waals surface area contributed by atoms with E-state index in [1.165, 1.54) is 0 Å². The average Bonchev–Trinajstić information content (AvgIpc) is 2.60. The number of alkyl halides is 1. The van der Waals surface area contributed by atoms with Gasteiger partial charge in [0.05, 0.1) is 5.71 Å². The predicted octanol–water partition coefficient (Wildman–Crippen LogP) is 4.80. The molecular formula is C19H20ClNO2. The van der Waals surface area contributed by atoms with E-state index in [0.717, 1.165) is 22.6 Å². The van der Waals surface area contributed by atoms with Crippen LogP contribution in [0.2, 0.25) is 0 Å². The van der Waals surface area contributed by atoms with Gasteiger partial charge < -0.3 is 9.57 Å². The highest BCUT2D eigenvalue weighted by Crippen LogP contribution is 2.13. The first kappa shape index (κ1) is 17.1. The first-order valence-corrected chi connectivity index (χ1v) is 7.97. The zero-order valence-electron chi connectivity index (χ0n) is 13.1. The van der Waals surface area contributed by atoms with Crippen LogP contribution >= 0.6 is 11.6 Å². The van der Waals surface area contributed by atoms with Crippen LogP contribution in [-0.4, -0.2) is 18.2 Å². The van der Waals surface area contributed by atoms with Crippen molar-refractivity contribution >= 4 is 17.3 Å². The summed E-state index contributed by atoms with van der Waals surface area (Å²) in [5.74, 6) is 1.31. The molecule has 23 heavy (non-hydrogen) atoms. The van der Waals surface area contributed by atoms with Crippen molar-refractivity contribution in [2.75, 3.05) is 12.5 Å². The lowest BCUT2D eigenvalue weighted by Gasteiger charge is -2.05. The van der Waals surface area contributed by atoms with Gasteiger partial charge in [0.15, 0.2) is 0 Å². The third-order valence-electron chi connectivity index (χ3n) is 3.15. The van der Waals surface area contributed by atoms with Crippen LogP contribution in [0.3, 0.4) is 0 Å². The molecule has 2 aromatic carbocycles. The first-order chi connectivity index (χ1) is 11.3. The van der Waals surface area contributed by atoms with E-state index in [1.54, 1.807) is 0 Å². The van der Waals surface area contributed by atoms with E-state index in [0.29, 0.717) is 19.1 Å². The molecule has 0 aliphatic heterocycles. The standard InChI is InChI=1S/C19H20ClNO2/c1-16(21-23-15-17-7-3-2-4-8-17)18-9-11-19(12-10-18)22-14-6-5-13-20/h2-12H,13-15H2,1H3. The lowest BCUT2D eigenvalue weighted by atomic mass is 10.1. The van der Waals surface area contributed by atoms with Crippen molar-refractivity contribution in [1.29, 1.82) is 0 Å². The molecule has 0 saturated carbocycles. The lowest BCUT2D eigenvalue weighted by Crippen LogP contribution is -1.98. The Bertz CT molecular complexity index is 636. The largest absolute Gasteiger partial charge is 0.490 e. The Morgan fingerprint density at radius 1 is 1.04 bits per heavy atom. The molecule has 0 fully saturated rings. The maximum absolute atomic E-state index is 5.57. The van der Waals surface area contributed by atoms with Gasteiger partial charge in [-0.05, 0) is 42.3 Å². The third kappa shape index (κ3) is 6.17. The summed E-state index contributed by atoms with van der Waals surface area (Å²) < 4.78 is 5.57. The van der Waals surface area contributed by atoms with Gasteiger partial charge in [0.25, 0.3) is 0 Å². The summed E-state index contributed by atoms with van der Waals surface area (Å²) in [6.45, 7) is 2.90. The van der Waals surface area contributed by atoms with Gasteiger partial charge in [-0.15, -0.1) is 11.6 Å². The molecule has 4 heteroatoms. The molecule has 0 amide bonds. The molecule has 0 saturated heterocycles. The van der Waals surface area contributed by atoms with Crippen LogP contribution < -0.4 is 4.74 Å². The Morgan fingerprint density at radius 3 is 2.48 bits per heavy atom. The van der Waals surface area contributed by atoms with Crippen LogP contribution in [0.5, 0.6) is 5.75 Å². The van der Waals surface area contributed by atoms with Crippen molar-refractivity contribution in [1.82, 2.24) is 0 Å². The highest BCUT2D eigenvalue weighted by atomic mass is 35.5. The molecule has 120 valence electrons. The fourth-order valence-corrected chi connectivity index (χ4v) is 2.02. The van der Waals surface area contributed by atoms with Crippen molar-refractivity contribution in [3.05, 3.63) is 77.9 Å². The smallest absolute Gasteiger partial charge is 0.142 e. The van der Waals surface area contributed by atoms with E-state index in [-0.39, 0.29) is 0 Å². The number of ether oxygens (including phenoxy) is 1. The number of rotatable bonds is 8. The highest BCUT2D eigenvalue weighted by Gasteiger charge is 1.99. The highest BCUT2D eigenvalue weighted by molar-refractivity contribution is 6.18. The second-order valence-electron chi connectivity index (χ2n) is 4.90. The summed E-state index contributed by atoms with van der Waals surface area (Å²) in [6, 6.07) is 17.7. The van der Waals surface area contributed by atoms with Crippen molar-refractivity contribution in [3.63, 3.8) is 0 Å². The minimum atomic E-state index is 0.465. The van der Waals surface area contributed by atoms with Crippen LogP contribution in [0.25, 0.3) is 0 Å². The second kappa shape index (κ2) is 9.70. The van der Waals surface area contributed by atoms with E-state index in [1.807, 2.05) is 73.7 Å². The van der Waals surface area contributed by atoms with Crippen LogP contribution in [0.1, 0.15) is 18.1 Å². The Labute approximate surface area is 142 Å². The van der Waals surface area contributed by atoms with E-state index in [4.69, 9.17) is 21.2 Å². The molecule has 2 rings (SSSR count). The minimum absolute atomic E-state index is 0.465. The Balaban J connectivity index is 1.85. The van der Waals surface area contributed by atoms with Crippen LogP contribution in [0.15, 0.2) is 71.9 Å². The Morgan fingerprint density at radius 2 is 1.78 bits per heavy atom. The minimum Gasteiger partial charge on any atom is -0.490 e. The van der Waals surface area contributed by atoms with Gasteiger partial charge in [0.1, 0.15) is 19.0 Å². The number of allylic oxidation sites excluding steroid dienone is 1. The average molecular weight is 330 g/mol. The molecule has 2 aromatic rings. The summed E-state index contributed by atoms with van der Waals surface area (Å²) in [4.78, 5) is 5.39. The van der Waals surface area contributed by atoms with Crippen molar-refractivity contribution in [3.8, 4) is 5.75 Å². The van der Waals surface area contributed by atoms with E-state index in [9.17, 15) is 0 Å². The molecular weight excluding hydrogens is 310 g/mol. The van der Waals surface area contributed by atoms with Crippen LogP contribution in [-0.2, 0) is 11.4 Å². The molecule has 3 nitrogen and oxygen atoms in total. The molecule has 0 heterocycles. The number of benzene rings is 2. The number of halogens is 1. The fraction of sp³-hybridized carbons (Fsp3) is 0.211. The van der Waals surface area contributed by atoms with Gasteiger partial charge in [-0.25, -0.2) is 0 Å². The van der Waals surface area contributed by atoms with Gasteiger partial charge in [-0.3, -0.25) is 0 Å². The third-order valence-corrected chi connectivity index (χ3v) is 3.33. The summed E-state index contributed by atoms with van der Waals surface area (Å²) in [5.41, 5.74) is 2.93. The van der Waals surface area contributed by atoms with Gasteiger partial charge in [0, 0.05) is 5.88 Å². The maximum Gasteiger partial charge on any atom is 0.142 e. The lowest BCUT2D eigenvalue weighted by molar-refractivity contribution is 0.130. The first-order valence-electron chi connectivity index (χ1n) is 7.44. The van der Waals surface area contributed by atoms with E-state index >= 15 is 0 Å². The van der Waals surface area contributed by atoms with Gasteiger partial charge in [-0.2, -0.15) is 0 Å². The van der Waals surface area contributed by atoms with E-state index in [2.05, 4.69) is 5.16 Å². The fourth-order valence-electron chi connectivity index (χ4n) is 1.90. The predicted molar refractivity (Wildman–Crippen MR) is 95.2 cm³/mol. The van der Waals surface area contributed by atoms with E-state index < -0.39 is 0 Å². The van der Waals surface area contributed by atoms with Crippen molar-refractivity contribution < 1.29 is 9.57 Å². The van der Waals surface area contributed by atoms with Crippen molar-refractivity contribution in [2.45, 2.75) is 13.5 Å². The number of oxime groups is 1. The number of nitrogens with zero attached hydrogens (tertiary/aromatic N) is 1. The van der Waals surface area contributed by atoms with Gasteiger partial charge in [-0.1, -0.05) is 47.6 Å². The normalized spacial score (nSPS) is 11.7. The Hall–Kier alpha value is -2.26. The topological polar surface area (TPSA) is 30.8 Å². The maximum atomic E-state index is 5.57. The SMILES string of the molecule is CC(=NOCc1ccccc1)c1ccc(OCC=CCCl)cc1. The van der Waals surface area contributed by atoms with Gasteiger partial charge in [0.2, 0.25) is 0 Å². The molecule has 0 aromatic heterocycles. The summed E-state index contributed by atoms with van der Waals surface area (Å²) in [5, 5.41) is 4.16. The molecule has 0 unspecified atom stereocenters. The van der Waals surface area contributed by atoms with Crippen molar-refractivity contribution in [2.24, 2.45) is 5.16 Å². The summed E-state index contributed by atoms with van der Waals surface area (Å²) >= 11 is 5.55. The number of hydrogen-bond acceptors (Lipinski definition) is 3. The Kier molecular flexibility index (Phi) is 7.21. The second-order valence-corrected chi connectivity index (χ2v) is 5.21. The monoisotopic (exact) mass is 329 g/mol. The molecule has 0 N–H and O–H groups in total. The van der Waals surface area contributed by atoms with Gasteiger partial charge >= 0.3 is 0 Å². The molecule has 0 aliphatic rings. The molecule has 0 bridgehead atoms.